The number of pyridine rings is 1. The highest BCUT2D eigenvalue weighted by Crippen LogP contribution is 2.65. The van der Waals surface area contributed by atoms with Crippen LogP contribution < -0.4 is 0 Å². The molecule has 1 saturated carbocycles. The first kappa shape index (κ1) is 21.3. The van der Waals surface area contributed by atoms with E-state index in [1.807, 2.05) is 23.1 Å². The molecule has 1 aliphatic carbocycles. The van der Waals surface area contributed by atoms with Crippen molar-refractivity contribution in [2.45, 2.75) is 44.1 Å². The van der Waals surface area contributed by atoms with Crippen LogP contribution in [-0.2, 0) is 9.53 Å². The summed E-state index contributed by atoms with van der Waals surface area (Å²) in [5.41, 5.74) is 4.92. The molecule has 2 aromatic carbocycles. The fraction of sp³-hybridized carbons (Fsp3) is 0.393. The van der Waals surface area contributed by atoms with Crippen molar-refractivity contribution < 1.29 is 19.4 Å². The second-order valence-electron chi connectivity index (χ2n) is 10.0. The number of aromatic nitrogens is 1. The Bertz CT molecular complexity index is 1260. The Hall–Kier alpha value is -3.25. The lowest BCUT2D eigenvalue weighted by Gasteiger charge is -2.34. The van der Waals surface area contributed by atoms with Crippen LogP contribution in [0.15, 0.2) is 54.7 Å². The molecule has 34 heavy (non-hydrogen) atoms. The summed E-state index contributed by atoms with van der Waals surface area (Å²) in [6.07, 6.45) is 6.42. The predicted molar refractivity (Wildman–Crippen MR) is 129 cm³/mol. The summed E-state index contributed by atoms with van der Waals surface area (Å²) in [6, 6.07) is 16.4. The summed E-state index contributed by atoms with van der Waals surface area (Å²) in [7, 11) is 0. The Morgan fingerprint density at radius 2 is 1.79 bits per heavy atom. The second-order valence-corrected chi connectivity index (χ2v) is 10.0. The van der Waals surface area contributed by atoms with Gasteiger partial charge in [0.15, 0.2) is 0 Å². The lowest BCUT2D eigenvalue weighted by Crippen LogP contribution is -2.44. The van der Waals surface area contributed by atoms with E-state index in [4.69, 9.17) is 9.84 Å². The van der Waals surface area contributed by atoms with Gasteiger partial charge in [-0.2, -0.15) is 0 Å². The van der Waals surface area contributed by atoms with Crippen molar-refractivity contribution in [2.24, 2.45) is 5.41 Å². The van der Waals surface area contributed by atoms with E-state index in [9.17, 15) is 9.59 Å². The van der Waals surface area contributed by atoms with Crippen molar-refractivity contribution in [2.75, 3.05) is 19.7 Å². The van der Waals surface area contributed by atoms with E-state index < -0.39 is 5.97 Å². The molecule has 1 amide bonds. The molecule has 6 nitrogen and oxygen atoms in total. The van der Waals surface area contributed by atoms with Crippen LogP contribution in [0.2, 0.25) is 0 Å². The average molecular weight is 457 g/mol. The number of carboxylic acids is 1. The summed E-state index contributed by atoms with van der Waals surface area (Å²) in [6.45, 7) is 2.41. The van der Waals surface area contributed by atoms with Crippen LogP contribution in [0.25, 0.3) is 22.0 Å². The van der Waals surface area contributed by atoms with Gasteiger partial charge in [-0.1, -0.05) is 36.4 Å². The number of nitrogens with zero attached hydrogens (tertiary/aromatic N) is 2. The second kappa shape index (κ2) is 8.20. The van der Waals surface area contributed by atoms with Crippen LogP contribution >= 0.6 is 0 Å². The summed E-state index contributed by atoms with van der Waals surface area (Å²) in [4.78, 5) is 30.2. The third-order valence-corrected chi connectivity index (χ3v) is 8.04. The third kappa shape index (κ3) is 3.76. The zero-order valence-corrected chi connectivity index (χ0v) is 19.1. The molecule has 2 aliphatic heterocycles. The minimum Gasteiger partial charge on any atom is -0.478 e. The molecule has 1 spiro atoms. The normalized spacial score (nSPS) is 23.4. The Balaban J connectivity index is 1.12. The van der Waals surface area contributed by atoms with Crippen LogP contribution in [0.3, 0.4) is 0 Å². The number of ether oxygens (including phenoxy) is 1. The first-order valence-electron chi connectivity index (χ1n) is 12.2. The van der Waals surface area contributed by atoms with Gasteiger partial charge in [0.2, 0.25) is 0 Å². The molecule has 1 aromatic heterocycles. The van der Waals surface area contributed by atoms with E-state index in [0.717, 1.165) is 60.8 Å². The standard InChI is InChI=1S/C28H28N2O4/c31-26(25-2-1-13-34-25)30-11-9-28(10-12-30)16-23(28)19-5-3-18(4-6-19)20-7-8-21-14-22(27(32)33)17-29-24(21)15-20/h3-8,14-15,17,23,25H,1-2,9-13,16H2,(H,32,33)/t23-,25?/m0/s1. The van der Waals surface area contributed by atoms with E-state index in [1.54, 1.807) is 6.07 Å². The van der Waals surface area contributed by atoms with Crippen LogP contribution in [0.5, 0.6) is 0 Å². The minimum absolute atomic E-state index is 0.193. The van der Waals surface area contributed by atoms with Gasteiger partial charge in [0, 0.05) is 31.3 Å². The highest BCUT2D eigenvalue weighted by atomic mass is 16.5. The fourth-order valence-corrected chi connectivity index (χ4v) is 5.85. The Morgan fingerprint density at radius 1 is 1.03 bits per heavy atom. The van der Waals surface area contributed by atoms with Crippen LogP contribution in [-0.4, -0.2) is 52.7 Å². The minimum atomic E-state index is -0.966. The number of carbonyl (C=O) groups excluding carboxylic acids is 1. The molecule has 0 bridgehead atoms. The van der Waals surface area contributed by atoms with Crippen molar-refractivity contribution in [3.63, 3.8) is 0 Å². The molecule has 6 rings (SSSR count). The van der Waals surface area contributed by atoms with Crippen molar-refractivity contribution >= 4 is 22.8 Å². The van der Waals surface area contributed by atoms with Gasteiger partial charge in [0.1, 0.15) is 6.10 Å². The molecule has 3 aromatic rings. The van der Waals surface area contributed by atoms with E-state index >= 15 is 0 Å². The maximum atomic E-state index is 12.7. The number of carbonyl (C=O) groups is 2. The highest BCUT2D eigenvalue weighted by molar-refractivity contribution is 5.93. The van der Waals surface area contributed by atoms with Gasteiger partial charge >= 0.3 is 5.97 Å². The number of likely N-dealkylation sites (tertiary alicyclic amines) is 1. The summed E-state index contributed by atoms with van der Waals surface area (Å²) < 4.78 is 5.59. The van der Waals surface area contributed by atoms with Crippen molar-refractivity contribution in [1.82, 2.24) is 9.88 Å². The van der Waals surface area contributed by atoms with Gasteiger partial charge in [-0.15, -0.1) is 0 Å². The quantitative estimate of drug-likeness (QED) is 0.606. The van der Waals surface area contributed by atoms with E-state index in [-0.39, 0.29) is 17.6 Å². The molecule has 1 unspecified atom stereocenters. The number of rotatable bonds is 4. The van der Waals surface area contributed by atoms with Gasteiger partial charge in [0.05, 0.1) is 11.1 Å². The predicted octanol–water partition coefficient (Wildman–Crippen LogP) is 4.88. The number of carboxylic acid groups (broad SMARTS) is 1. The average Bonchev–Trinajstić information content (AvgIpc) is 3.28. The maximum absolute atomic E-state index is 12.7. The smallest absolute Gasteiger partial charge is 0.337 e. The Kier molecular flexibility index (Phi) is 5.14. The van der Waals surface area contributed by atoms with Gasteiger partial charge in [0.25, 0.3) is 5.91 Å². The topological polar surface area (TPSA) is 79.7 Å². The Morgan fingerprint density at radius 3 is 2.50 bits per heavy atom. The number of hydrogen-bond donors (Lipinski definition) is 1. The number of hydrogen-bond acceptors (Lipinski definition) is 4. The zero-order valence-electron chi connectivity index (χ0n) is 19.1. The molecule has 2 saturated heterocycles. The molecule has 0 radical (unpaired) electrons. The van der Waals surface area contributed by atoms with Gasteiger partial charge < -0.3 is 14.7 Å². The first-order valence-corrected chi connectivity index (χ1v) is 12.2. The summed E-state index contributed by atoms with van der Waals surface area (Å²) in [5, 5.41) is 9.99. The van der Waals surface area contributed by atoms with Crippen molar-refractivity contribution in [3.8, 4) is 11.1 Å². The number of piperidine rings is 1. The summed E-state index contributed by atoms with van der Waals surface area (Å²) >= 11 is 0. The van der Waals surface area contributed by atoms with Crippen molar-refractivity contribution in [3.05, 3.63) is 65.9 Å². The molecule has 174 valence electrons. The number of fused-ring (bicyclic) bond motifs is 1. The van der Waals surface area contributed by atoms with Crippen LogP contribution in [0.1, 0.15) is 53.9 Å². The molecular weight excluding hydrogens is 428 g/mol. The number of amides is 1. The first-order chi connectivity index (χ1) is 16.5. The zero-order chi connectivity index (χ0) is 23.3. The number of aromatic carboxylic acids is 1. The Labute approximate surface area is 198 Å². The highest BCUT2D eigenvalue weighted by Gasteiger charge is 2.55. The lowest BCUT2D eigenvalue weighted by atomic mass is 9.88. The lowest BCUT2D eigenvalue weighted by molar-refractivity contribution is -0.142. The maximum Gasteiger partial charge on any atom is 0.337 e. The SMILES string of the molecule is O=C(O)c1cnc2cc(-c3ccc([C@@H]4CC45CCN(C(=O)C4CCCO4)CC5)cc3)ccc2c1. The van der Waals surface area contributed by atoms with Crippen molar-refractivity contribution in [1.29, 1.82) is 0 Å². The number of benzene rings is 2. The summed E-state index contributed by atoms with van der Waals surface area (Å²) in [5.74, 6) is -0.195. The van der Waals surface area contributed by atoms with E-state index in [0.29, 0.717) is 17.9 Å². The van der Waals surface area contributed by atoms with Gasteiger partial charge in [-0.05, 0) is 72.3 Å². The largest absolute Gasteiger partial charge is 0.478 e. The van der Waals surface area contributed by atoms with Crippen LogP contribution in [0.4, 0.5) is 0 Å². The molecule has 3 heterocycles. The molecular formula is C28H28N2O4. The van der Waals surface area contributed by atoms with E-state index in [2.05, 4.69) is 29.2 Å². The fourth-order valence-electron chi connectivity index (χ4n) is 5.85. The molecule has 3 fully saturated rings. The van der Waals surface area contributed by atoms with Gasteiger partial charge in [-0.25, -0.2) is 4.79 Å². The van der Waals surface area contributed by atoms with Crippen LogP contribution in [0, 0.1) is 5.41 Å². The molecule has 3 aliphatic rings. The monoisotopic (exact) mass is 456 g/mol. The van der Waals surface area contributed by atoms with E-state index in [1.165, 1.54) is 18.2 Å². The third-order valence-electron chi connectivity index (χ3n) is 8.04. The molecule has 6 heteroatoms. The van der Waals surface area contributed by atoms with Gasteiger partial charge in [-0.3, -0.25) is 9.78 Å². The molecule has 1 N–H and O–H groups in total. The molecule has 2 atom stereocenters.